The van der Waals surface area contributed by atoms with Gasteiger partial charge in [-0.15, -0.1) is 0 Å². The van der Waals surface area contributed by atoms with Crippen LogP contribution >= 0.6 is 0 Å². The standard InChI is InChI=1S/C18H24N4O5/c1-12-15(16(23)19-10-11-26-5)20-21(18(2,3)4)17(12)27-14-9-7-6-8-13(14)22(24)25/h6-9H,10-11H2,1-5H3,(H,19,23). The molecule has 1 amide bonds. The molecule has 0 radical (unpaired) electrons. The highest BCUT2D eigenvalue weighted by molar-refractivity contribution is 5.94. The molecule has 1 heterocycles. The molecular formula is C18H24N4O5. The highest BCUT2D eigenvalue weighted by atomic mass is 16.6. The largest absolute Gasteiger partial charge is 0.432 e. The number of benzene rings is 1. The van der Waals surface area contributed by atoms with Crippen LogP contribution in [-0.2, 0) is 10.3 Å². The van der Waals surface area contributed by atoms with Crippen molar-refractivity contribution in [2.75, 3.05) is 20.3 Å². The number of amides is 1. The summed E-state index contributed by atoms with van der Waals surface area (Å²) in [5, 5.41) is 18.4. The van der Waals surface area contributed by atoms with Gasteiger partial charge in [-0.3, -0.25) is 14.9 Å². The number of hydrogen-bond acceptors (Lipinski definition) is 6. The van der Waals surface area contributed by atoms with Gasteiger partial charge in [-0.1, -0.05) is 12.1 Å². The molecule has 2 rings (SSSR count). The lowest BCUT2D eigenvalue weighted by molar-refractivity contribution is -0.385. The topological polar surface area (TPSA) is 109 Å². The molecule has 0 aliphatic rings. The zero-order valence-corrected chi connectivity index (χ0v) is 16.1. The molecule has 146 valence electrons. The fraction of sp³-hybridized carbons (Fsp3) is 0.444. The highest BCUT2D eigenvalue weighted by Gasteiger charge is 2.29. The van der Waals surface area contributed by atoms with Crippen LogP contribution < -0.4 is 10.1 Å². The maximum atomic E-state index is 12.5. The van der Waals surface area contributed by atoms with E-state index in [-0.39, 0.29) is 28.9 Å². The first-order valence-electron chi connectivity index (χ1n) is 8.45. The van der Waals surface area contributed by atoms with Crippen molar-refractivity contribution in [1.29, 1.82) is 0 Å². The van der Waals surface area contributed by atoms with Crippen molar-refractivity contribution >= 4 is 11.6 Å². The van der Waals surface area contributed by atoms with Crippen LogP contribution in [0.2, 0.25) is 0 Å². The number of rotatable bonds is 7. The van der Waals surface area contributed by atoms with E-state index in [1.165, 1.54) is 12.1 Å². The van der Waals surface area contributed by atoms with Crippen LogP contribution in [0, 0.1) is 17.0 Å². The van der Waals surface area contributed by atoms with Gasteiger partial charge >= 0.3 is 5.69 Å². The van der Waals surface area contributed by atoms with Crippen LogP contribution in [0.3, 0.4) is 0 Å². The van der Waals surface area contributed by atoms with Crippen LogP contribution in [0.15, 0.2) is 24.3 Å². The van der Waals surface area contributed by atoms with Crippen LogP contribution in [0.1, 0.15) is 36.8 Å². The van der Waals surface area contributed by atoms with E-state index >= 15 is 0 Å². The van der Waals surface area contributed by atoms with Gasteiger partial charge in [0.1, 0.15) is 0 Å². The molecule has 27 heavy (non-hydrogen) atoms. The van der Waals surface area contributed by atoms with E-state index in [2.05, 4.69) is 10.4 Å². The molecule has 1 aromatic heterocycles. The summed E-state index contributed by atoms with van der Waals surface area (Å²) in [5.41, 5.74) is 0.0339. The number of nitrogens with zero attached hydrogens (tertiary/aromatic N) is 3. The third-order valence-corrected chi connectivity index (χ3v) is 3.78. The SMILES string of the molecule is COCCNC(=O)c1nn(C(C)(C)C)c(Oc2ccccc2[N+](=O)[O-])c1C. The average molecular weight is 376 g/mol. The van der Waals surface area contributed by atoms with Crippen molar-refractivity contribution in [2.45, 2.75) is 33.2 Å². The highest BCUT2D eigenvalue weighted by Crippen LogP contribution is 2.36. The summed E-state index contributed by atoms with van der Waals surface area (Å²) < 4.78 is 12.4. The molecular weight excluding hydrogens is 352 g/mol. The van der Waals surface area contributed by atoms with Crippen molar-refractivity contribution in [3.05, 3.63) is 45.6 Å². The van der Waals surface area contributed by atoms with Crippen molar-refractivity contribution in [3.63, 3.8) is 0 Å². The number of para-hydroxylation sites is 2. The Hall–Kier alpha value is -2.94. The molecule has 0 aliphatic carbocycles. The lowest BCUT2D eigenvalue weighted by Gasteiger charge is -2.22. The number of nitrogens with one attached hydrogen (secondary N) is 1. The van der Waals surface area contributed by atoms with E-state index in [0.717, 1.165) is 0 Å². The second-order valence-electron chi connectivity index (χ2n) is 6.94. The predicted molar refractivity (Wildman–Crippen MR) is 99.3 cm³/mol. The lowest BCUT2D eigenvalue weighted by Crippen LogP contribution is -2.29. The number of carbonyl (C=O) groups is 1. The maximum Gasteiger partial charge on any atom is 0.311 e. The van der Waals surface area contributed by atoms with Crippen LogP contribution in [-0.4, -0.2) is 40.9 Å². The van der Waals surface area contributed by atoms with Gasteiger partial charge in [0.15, 0.2) is 5.69 Å². The third kappa shape index (κ3) is 4.62. The Kier molecular flexibility index (Phi) is 6.17. The van der Waals surface area contributed by atoms with E-state index < -0.39 is 10.5 Å². The minimum Gasteiger partial charge on any atom is -0.432 e. The predicted octanol–water partition coefficient (Wildman–Crippen LogP) is 3.02. The minimum absolute atomic E-state index is 0.0855. The van der Waals surface area contributed by atoms with E-state index in [4.69, 9.17) is 9.47 Å². The summed E-state index contributed by atoms with van der Waals surface area (Å²) in [6.07, 6.45) is 0. The summed E-state index contributed by atoms with van der Waals surface area (Å²) in [7, 11) is 1.55. The molecule has 2 aromatic rings. The zero-order chi connectivity index (χ0) is 20.2. The number of nitro groups is 1. The maximum absolute atomic E-state index is 12.5. The van der Waals surface area contributed by atoms with Gasteiger partial charge in [-0.25, -0.2) is 4.68 Å². The molecule has 1 aromatic carbocycles. The van der Waals surface area contributed by atoms with Gasteiger partial charge < -0.3 is 14.8 Å². The average Bonchev–Trinajstić information content (AvgIpc) is 2.92. The first-order valence-corrected chi connectivity index (χ1v) is 8.45. The fourth-order valence-electron chi connectivity index (χ4n) is 2.42. The summed E-state index contributed by atoms with van der Waals surface area (Å²) in [4.78, 5) is 23.2. The molecule has 0 atom stereocenters. The van der Waals surface area contributed by atoms with Gasteiger partial charge in [0.25, 0.3) is 5.91 Å². The van der Waals surface area contributed by atoms with Crippen LogP contribution in [0.25, 0.3) is 0 Å². The quantitative estimate of drug-likeness (QED) is 0.452. The Morgan fingerprint density at radius 2 is 2.00 bits per heavy atom. The number of aromatic nitrogens is 2. The Bertz CT molecular complexity index is 839. The molecule has 0 aliphatic heterocycles. The van der Waals surface area contributed by atoms with Crippen molar-refractivity contribution < 1.29 is 19.2 Å². The van der Waals surface area contributed by atoms with Crippen LogP contribution in [0.4, 0.5) is 5.69 Å². The third-order valence-electron chi connectivity index (χ3n) is 3.78. The van der Waals surface area contributed by atoms with Gasteiger partial charge in [0, 0.05) is 25.3 Å². The second-order valence-corrected chi connectivity index (χ2v) is 6.94. The van der Waals surface area contributed by atoms with E-state index in [1.807, 2.05) is 20.8 Å². The number of carbonyl (C=O) groups excluding carboxylic acids is 1. The Morgan fingerprint density at radius 3 is 2.59 bits per heavy atom. The number of ether oxygens (including phenoxy) is 2. The van der Waals surface area contributed by atoms with Crippen molar-refractivity contribution in [1.82, 2.24) is 15.1 Å². The first-order chi connectivity index (χ1) is 12.7. The first kappa shape index (κ1) is 20.4. The molecule has 0 bridgehead atoms. The fourth-order valence-corrected chi connectivity index (χ4v) is 2.42. The van der Waals surface area contributed by atoms with Gasteiger partial charge in [-0.05, 0) is 33.8 Å². The summed E-state index contributed by atoms with van der Waals surface area (Å²) in [6.45, 7) is 8.13. The molecule has 0 spiro atoms. The van der Waals surface area contributed by atoms with Crippen molar-refractivity contribution in [2.24, 2.45) is 0 Å². The number of methoxy groups -OCH3 is 1. The van der Waals surface area contributed by atoms with Gasteiger partial charge in [-0.2, -0.15) is 5.10 Å². The molecule has 0 unspecified atom stereocenters. The van der Waals surface area contributed by atoms with E-state index in [1.54, 1.807) is 30.8 Å². The van der Waals surface area contributed by atoms with Crippen molar-refractivity contribution in [3.8, 4) is 11.6 Å². The van der Waals surface area contributed by atoms with E-state index in [9.17, 15) is 14.9 Å². The minimum atomic E-state index is -0.513. The van der Waals surface area contributed by atoms with Gasteiger partial charge in [0.05, 0.1) is 17.1 Å². The number of hydrogen-bond donors (Lipinski definition) is 1. The lowest BCUT2D eigenvalue weighted by atomic mass is 10.1. The summed E-state index contributed by atoms with van der Waals surface area (Å²) in [5.74, 6) is 0.0102. The Morgan fingerprint density at radius 1 is 1.33 bits per heavy atom. The molecule has 9 heteroatoms. The smallest absolute Gasteiger partial charge is 0.311 e. The summed E-state index contributed by atoms with van der Waals surface area (Å²) in [6, 6.07) is 6.08. The zero-order valence-electron chi connectivity index (χ0n) is 16.1. The van der Waals surface area contributed by atoms with Crippen LogP contribution in [0.5, 0.6) is 11.6 Å². The monoisotopic (exact) mass is 376 g/mol. The Labute approximate surface area is 157 Å². The van der Waals surface area contributed by atoms with Gasteiger partial charge in [0.2, 0.25) is 11.6 Å². The van der Waals surface area contributed by atoms with E-state index in [0.29, 0.717) is 18.7 Å². The molecule has 0 saturated heterocycles. The number of nitro benzene ring substituents is 1. The normalized spacial score (nSPS) is 11.3. The Balaban J connectivity index is 2.46. The molecule has 0 fully saturated rings. The molecule has 1 N–H and O–H groups in total. The molecule has 9 nitrogen and oxygen atoms in total. The second kappa shape index (κ2) is 8.17. The summed E-state index contributed by atoms with van der Waals surface area (Å²) >= 11 is 0. The molecule has 0 saturated carbocycles.